The first-order valence-electron chi connectivity index (χ1n) is 9.40. The zero-order chi connectivity index (χ0) is 22.0. The molecule has 0 saturated heterocycles. The lowest BCUT2D eigenvalue weighted by atomic mass is 10.2. The van der Waals surface area contributed by atoms with Crippen molar-refractivity contribution in [3.63, 3.8) is 0 Å². The van der Waals surface area contributed by atoms with Crippen LogP contribution in [0.1, 0.15) is 32.2 Å². The Balaban J connectivity index is 1.56. The second-order valence-electron chi connectivity index (χ2n) is 6.76. The molecular formula is C23H17N3O3S2. The van der Waals surface area contributed by atoms with E-state index in [4.69, 9.17) is 4.74 Å². The third-order valence-corrected chi connectivity index (χ3v) is 7.02. The van der Waals surface area contributed by atoms with Crippen molar-refractivity contribution in [2.75, 3.05) is 0 Å². The maximum Gasteiger partial charge on any atom is 0.339 e. The zero-order valence-corrected chi connectivity index (χ0v) is 18.4. The quantitative estimate of drug-likeness (QED) is 0.434. The highest BCUT2D eigenvalue weighted by Crippen LogP contribution is 2.33. The molecule has 8 heteroatoms. The molecule has 0 fully saturated rings. The zero-order valence-electron chi connectivity index (χ0n) is 16.8. The molecule has 0 aliphatic heterocycles. The van der Waals surface area contributed by atoms with Gasteiger partial charge >= 0.3 is 5.97 Å². The van der Waals surface area contributed by atoms with Crippen molar-refractivity contribution in [2.24, 2.45) is 0 Å². The van der Waals surface area contributed by atoms with Crippen molar-refractivity contribution < 1.29 is 9.53 Å². The molecule has 1 N–H and O–H groups in total. The summed E-state index contributed by atoms with van der Waals surface area (Å²) < 4.78 is 5.44. The van der Waals surface area contributed by atoms with Gasteiger partial charge in [-0.15, -0.1) is 11.3 Å². The molecule has 0 unspecified atom stereocenters. The Morgan fingerprint density at radius 2 is 1.87 bits per heavy atom. The molecule has 0 spiro atoms. The third-order valence-electron chi connectivity index (χ3n) is 4.76. The van der Waals surface area contributed by atoms with Gasteiger partial charge in [0.05, 0.1) is 16.5 Å². The lowest BCUT2D eigenvalue weighted by Gasteiger charge is -2.10. The van der Waals surface area contributed by atoms with E-state index in [1.165, 1.54) is 23.1 Å². The van der Waals surface area contributed by atoms with Gasteiger partial charge in [0, 0.05) is 14.7 Å². The van der Waals surface area contributed by atoms with Gasteiger partial charge in [0.2, 0.25) is 0 Å². The van der Waals surface area contributed by atoms with E-state index in [0.29, 0.717) is 32.1 Å². The molecule has 4 aromatic rings. The van der Waals surface area contributed by atoms with Crippen molar-refractivity contribution in [3.05, 3.63) is 86.3 Å². The highest BCUT2D eigenvalue weighted by molar-refractivity contribution is 7.99. The van der Waals surface area contributed by atoms with Crippen molar-refractivity contribution in [1.29, 1.82) is 5.26 Å². The van der Waals surface area contributed by atoms with Crippen molar-refractivity contribution in [3.8, 4) is 6.07 Å². The average Bonchev–Trinajstić information content (AvgIpc) is 3.06. The van der Waals surface area contributed by atoms with Crippen LogP contribution in [0.5, 0.6) is 0 Å². The summed E-state index contributed by atoms with van der Waals surface area (Å²) in [5.74, 6) is -0.231. The van der Waals surface area contributed by atoms with E-state index in [0.717, 1.165) is 15.3 Å². The van der Waals surface area contributed by atoms with Crippen LogP contribution in [-0.4, -0.2) is 15.9 Å². The molecule has 154 valence electrons. The molecule has 2 aromatic heterocycles. The minimum Gasteiger partial charge on any atom is -0.454 e. The summed E-state index contributed by atoms with van der Waals surface area (Å²) in [6.07, 6.45) is 0. The van der Waals surface area contributed by atoms with E-state index in [1.54, 1.807) is 30.3 Å². The number of thiophene rings is 1. The van der Waals surface area contributed by atoms with Crippen LogP contribution in [0.25, 0.3) is 10.2 Å². The van der Waals surface area contributed by atoms with E-state index < -0.39 is 5.97 Å². The van der Waals surface area contributed by atoms with Gasteiger partial charge in [0.25, 0.3) is 5.56 Å². The molecule has 4 rings (SSSR count). The molecule has 6 nitrogen and oxygen atoms in total. The minimum atomic E-state index is -0.529. The molecule has 31 heavy (non-hydrogen) atoms. The summed E-state index contributed by atoms with van der Waals surface area (Å²) in [6, 6.07) is 16.4. The highest BCUT2D eigenvalue weighted by atomic mass is 32.2. The smallest absolute Gasteiger partial charge is 0.339 e. The predicted molar refractivity (Wildman–Crippen MR) is 121 cm³/mol. The first kappa shape index (κ1) is 20.8. The molecule has 0 amide bonds. The Morgan fingerprint density at radius 1 is 1.16 bits per heavy atom. The summed E-state index contributed by atoms with van der Waals surface area (Å²) in [5.41, 5.74) is 1.60. The summed E-state index contributed by atoms with van der Waals surface area (Å²) >= 11 is 2.77. The van der Waals surface area contributed by atoms with E-state index in [2.05, 4.69) is 16.0 Å². The summed E-state index contributed by atoms with van der Waals surface area (Å²) in [6.45, 7) is 3.69. The van der Waals surface area contributed by atoms with Gasteiger partial charge in [-0.25, -0.2) is 9.78 Å². The van der Waals surface area contributed by atoms with Crippen LogP contribution in [0.2, 0.25) is 0 Å². The number of ether oxygens (including phenoxy) is 1. The van der Waals surface area contributed by atoms with Crippen LogP contribution < -0.4 is 5.56 Å². The summed E-state index contributed by atoms with van der Waals surface area (Å²) in [4.78, 5) is 35.4. The number of nitrogens with one attached hydrogen (secondary N) is 1. The lowest BCUT2D eigenvalue weighted by molar-refractivity contribution is 0.0458. The number of aromatic nitrogens is 2. The van der Waals surface area contributed by atoms with Crippen LogP contribution in [-0.2, 0) is 11.3 Å². The van der Waals surface area contributed by atoms with Crippen LogP contribution in [0.15, 0.2) is 63.1 Å². The fourth-order valence-corrected chi connectivity index (χ4v) is 5.13. The van der Waals surface area contributed by atoms with Gasteiger partial charge in [0.1, 0.15) is 23.3 Å². The number of nitrogens with zero attached hydrogens (tertiary/aromatic N) is 2. The Morgan fingerprint density at radius 3 is 2.65 bits per heavy atom. The largest absolute Gasteiger partial charge is 0.454 e. The van der Waals surface area contributed by atoms with Gasteiger partial charge < -0.3 is 9.72 Å². The number of carbonyl (C=O) groups is 1. The fraction of sp³-hybridized carbons (Fsp3) is 0.130. The third kappa shape index (κ3) is 4.24. The summed E-state index contributed by atoms with van der Waals surface area (Å²) in [7, 11) is 0. The first-order valence-corrected chi connectivity index (χ1v) is 11.0. The molecule has 0 bridgehead atoms. The molecular weight excluding hydrogens is 430 g/mol. The number of aromatic amines is 1. The molecule has 0 aliphatic rings. The SMILES string of the molecule is Cc1sc2nc(COC(=O)c3ccccc3Sc3ccccc3C#N)[nH]c(=O)c2c1C. The number of hydrogen-bond acceptors (Lipinski definition) is 7. The number of hydrogen-bond donors (Lipinski definition) is 1. The number of nitriles is 1. The first-order chi connectivity index (χ1) is 15.0. The average molecular weight is 448 g/mol. The number of fused-ring (bicyclic) bond motifs is 1. The van der Waals surface area contributed by atoms with Crippen LogP contribution in [0.4, 0.5) is 0 Å². The second kappa shape index (κ2) is 8.76. The number of carbonyl (C=O) groups excluding carboxylic acids is 1. The van der Waals surface area contributed by atoms with Crippen molar-refractivity contribution in [1.82, 2.24) is 9.97 Å². The molecule has 0 radical (unpaired) electrons. The molecule has 2 aromatic carbocycles. The Bertz CT molecular complexity index is 1400. The second-order valence-corrected chi connectivity index (χ2v) is 9.05. The molecule has 0 atom stereocenters. The summed E-state index contributed by atoms with van der Waals surface area (Å²) in [5, 5.41) is 9.89. The van der Waals surface area contributed by atoms with E-state index >= 15 is 0 Å². The maximum atomic E-state index is 12.8. The minimum absolute atomic E-state index is 0.145. The molecule has 0 saturated carbocycles. The highest BCUT2D eigenvalue weighted by Gasteiger charge is 2.17. The maximum absolute atomic E-state index is 12.8. The number of esters is 1. The van der Waals surface area contributed by atoms with E-state index in [-0.39, 0.29) is 12.2 Å². The van der Waals surface area contributed by atoms with Gasteiger partial charge in [-0.1, -0.05) is 36.0 Å². The van der Waals surface area contributed by atoms with Gasteiger partial charge in [-0.3, -0.25) is 4.79 Å². The number of rotatable bonds is 5. The van der Waals surface area contributed by atoms with Crippen molar-refractivity contribution >= 4 is 39.3 Å². The standard InChI is InChI=1S/C23H17N3O3S2/c1-13-14(2)30-22-20(13)21(27)25-19(26-22)12-29-23(28)16-8-4-6-10-18(16)31-17-9-5-3-7-15(17)11-24/h3-10H,12H2,1-2H3,(H,25,26,27). The Kier molecular flexibility index (Phi) is 5.89. The van der Waals surface area contributed by atoms with Crippen molar-refractivity contribution in [2.45, 2.75) is 30.2 Å². The van der Waals surface area contributed by atoms with E-state index in [1.807, 2.05) is 32.0 Å². The van der Waals surface area contributed by atoms with Crippen LogP contribution in [0.3, 0.4) is 0 Å². The number of H-pyrrole nitrogens is 1. The predicted octanol–water partition coefficient (Wildman–Crippen LogP) is 4.98. The van der Waals surface area contributed by atoms with E-state index in [9.17, 15) is 14.9 Å². The fourth-order valence-electron chi connectivity index (χ4n) is 3.07. The monoisotopic (exact) mass is 447 g/mol. The Labute approximate surface area is 186 Å². The molecule has 0 aliphatic carbocycles. The van der Waals surface area contributed by atoms with Gasteiger partial charge in [-0.05, 0) is 43.7 Å². The topological polar surface area (TPSA) is 95.8 Å². The van der Waals surface area contributed by atoms with Gasteiger partial charge in [0.15, 0.2) is 0 Å². The van der Waals surface area contributed by atoms with Gasteiger partial charge in [-0.2, -0.15) is 5.26 Å². The Hall–Kier alpha value is -3.41. The number of aryl methyl sites for hydroxylation is 2. The van der Waals surface area contributed by atoms with Crippen LogP contribution in [0, 0.1) is 25.2 Å². The lowest BCUT2D eigenvalue weighted by Crippen LogP contribution is -2.14. The van der Waals surface area contributed by atoms with Crippen LogP contribution >= 0.6 is 23.1 Å². The number of benzene rings is 2. The normalized spacial score (nSPS) is 10.7. The molecule has 2 heterocycles.